The van der Waals surface area contributed by atoms with Crippen LogP contribution in [0.25, 0.3) is 0 Å². The van der Waals surface area contributed by atoms with E-state index < -0.39 is 0 Å². The van der Waals surface area contributed by atoms with Gasteiger partial charge in [0.15, 0.2) is 0 Å². The molecule has 1 rings (SSSR count). The summed E-state index contributed by atoms with van der Waals surface area (Å²) in [5.74, 6) is 3.42. The Hall–Kier alpha value is -0.980. The van der Waals surface area contributed by atoms with Crippen LogP contribution in [0, 0.1) is 18.2 Å². The molecule has 1 aromatic carbocycles. The lowest BCUT2D eigenvalue weighted by atomic mass is 10.2. The second-order valence-electron chi connectivity index (χ2n) is 4.16. The van der Waals surface area contributed by atoms with Gasteiger partial charge < -0.3 is 5.32 Å². The Morgan fingerprint density at radius 3 is 3.00 bits per heavy atom. The third kappa shape index (κ3) is 6.09. The molecule has 0 saturated carbocycles. The van der Waals surface area contributed by atoms with E-state index in [9.17, 15) is 4.39 Å². The molecule has 0 aliphatic rings. The van der Waals surface area contributed by atoms with Crippen LogP contribution in [0.1, 0.15) is 26.2 Å². The topological polar surface area (TPSA) is 12.0 Å². The van der Waals surface area contributed by atoms with Gasteiger partial charge in [0.1, 0.15) is 5.82 Å². The maximum Gasteiger partial charge on any atom is 0.124 e. The third-order valence-corrected chi connectivity index (χ3v) is 3.72. The van der Waals surface area contributed by atoms with Crippen molar-refractivity contribution in [2.75, 3.05) is 12.3 Å². The minimum absolute atomic E-state index is 0.179. The number of halogens is 1. The largest absolute Gasteiger partial charge is 0.313 e. The Morgan fingerprint density at radius 1 is 1.50 bits per heavy atom. The maximum absolute atomic E-state index is 13.0. The van der Waals surface area contributed by atoms with Gasteiger partial charge in [0.05, 0.1) is 0 Å². The van der Waals surface area contributed by atoms with Gasteiger partial charge in [0.25, 0.3) is 0 Å². The van der Waals surface area contributed by atoms with Gasteiger partial charge >= 0.3 is 0 Å². The Kier molecular flexibility index (Phi) is 7.55. The van der Waals surface area contributed by atoms with Crippen LogP contribution in [0.2, 0.25) is 0 Å². The first-order valence-corrected chi connectivity index (χ1v) is 7.30. The van der Waals surface area contributed by atoms with E-state index >= 15 is 0 Å². The first-order chi connectivity index (χ1) is 8.76. The van der Waals surface area contributed by atoms with E-state index in [-0.39, 0.29) is 5.82 Å². The molecule has 18 heavy (non-hydrogen) atoms. The normalized spacial score (nSPS) is 12.1. The molecule has 1 atom stereocenters. The number of nitrogens with one attached hydrogen (secondary N) is 1. The lowest BCUT2D eigenvalue weighted by molar-refractivity contribution is 0.526. The number of hydrogen-bond acceptors (Lipinski definition) is 2. The molecule has 0 saturated heterocycles. The van der Waals surface area contributed by atoms with Crippen LogP contribution >= 0.6 is 11.8 Å². The highest BCUT2D eigenvalue weighted by molar-refractivity contribution is 7.99. The van der Waals surface area contributed by atoms with Crippen molar-refractivity contribution >= 4 is 11.8 Å². The zero-order valence-corrected chi connectivity index (χ0v) is 11.6. The van der Waals surface area contributed by atoms with E-state index in [1.165, 1.54) is 6.07 Å². The Balaban J connectivity index is 2.42. The molecule has 0 aliphatic heterocycles. The summed E-state index contributed by atoms with van der Waals surface area (Å²) in [7, 11) is 0. The quantitative estimate of drug-likeness (QED) is 0.568. The summed E-state index contributed by atoms with van der Waals surface area (Å²) in [6.45, 7) is 3.14. The second-order valence-corrected chi connectivity index (χ2v) is 5.26. The molecule has 1 N–H and O–H groups in total. The number of rotatable bonds is 8. The summed E-state index contributed by atoms with van der Waals surface area (Å²) in [5.41, 5.74) is 0. The molecule has 0 fully saturated rings. The minimum atomic E-state index is -0.179. The summed E-state index contributed by atoms with van der Waals surface area (Å²) in [5, 5.41) is 3.48. The van der Waals surface area contributed by atoms with Crippen LogP contribution in [-0.4, -0.2) is 18.3 Å². The van der Waals surface area contributed by atoms with E-state index in [4.69, 9.17) is 6.42 Å². The predicted octanol–water partition coefficient (Wildman–Crippen LogP) is 3.70. The average molecular weight is 265 g/mol. The fourth-order valence-corrected chi connectivity index (χ4v) is 2.65. The first kappa shape index (κ1) is 15.1. The molecule has 0 radical (unpaired) electrons. The van der Waals surface area contributed by atoms with Crippen molar-refractivity contribution in [2.24, 2.45) is 0 Å². The number of thioether (sulfide) groups is 1. The Morgan fingerprint density at radius 2 is 2.33 bits per heavy atom. The van der Waals surface area contributed by atoms with E-state index in [0.29, 0.717) is 6.04 Å². The van der Waals surface area contributed by atoms with Gasteiger partial charge in [-0.05, 0) is 37.6 Å². The molecule has 0 spiro atoms. The molecule has 0 aromatic heterocycles. The van der Waals surface area contributed by atoms with Crippen LogP contribution in [-0.2, 0) is 0 Å². The van der Waals surface area contributed by atoms with Crippen molar-refractivity contribution in [3.63, 3.8) is 0 Å². The SMILES string of the molecule is C#CCCC(CSc1cccc(F)c1)NCCC. The number of hydrogen-bond donors (Lipinski definition) is 1. The van der Waals surface area contributed by atoms with E-state index in [1.54, 1.807) is 23.9 Å². The van der Waals surface area contributed by atoms with Gasteiger partial charge in [-0.15, -0.1) is 24.1 Å². The van der Waals surface area contributed by atoms with E-state index in [0.717, 1.165) is 36.5 Å². The summed E-state index contributed by atoms with van der Waals surface area (Å²) < 4.78 is 13.0. The number of benzene rings is 1. The fourth-order valence-electron chi connectivity index (χ4n) is 1.60. The van der Waals surface area contributed by atoms with Gasteiger partial charge in [-0.25, -0.2) is 4.39 Å². The lowest BCUT2D eigenvalue weighted by Crippen LogP contribution is -2.31. The van der Waals surface area contributed by atoms with Gasteiger partial charge in [0.2, 0.25) is 0 Å². The second kappa shape index (κ2) is 9.02. The third-order valence-electron chi connectivity index (χ3n) is 2.57. The highest BCUT2D eigenvalue weighted by atomic mass is 32.2. The molecule has 0 heterocycles. The Bertz CT molecular complexity index is 386. The molecule has 1 nitrogen and oxygen atoms in total. The molecule has 1 unspecified atom stereocenters. The number of terminal acetylenes is 1. The molecule has 98 valence electrons. The zero-order chi connectivity index (χ0) is 13.2. The van der Waals surface area contributed by atoms with Crippen LogP contribution < -0.4 is 5.32 Å². The van der Waals surface area contributed by atoms with Crippen LogP contribution in [0.15, 0.2) is 29.2 Å². The lowest BCUT2D eigenvalue weighted by Gasteiger charge is -2.17. The molecular formula is C15H20FNS. The average Bonchev–Trinajstić information content (AvgIpc) is 2.38. The summed E-state index contributed by atoms with van der Waals surface area (Å²) in [6.07, 6.45) is 8.16. The molecule has 0 bridgehead atoms. The monoisotopic (exact) mass is 265 g/mol. The molecular weight excluding hydrogens is 245 g/mol. The van der Waals surface area contributed by atoms with Crippen LogP contribution in [0.5, 0.6) is 0 Å². The molecule has 3 heteroatoms. The minimum Gasteiger partial charge on any atom is -0.313 e. The molecule has 0 amide bonds. The Labute approximate surface area is 114 Å². The standard InChI is InChI=1S/C15H20FNS/c1-3-5-8-14(17-10-4-2)12-18-15-9-6-7-13(16)11-15/h1,6-7,9,11,14,17H,4-5,8,10,12H2,2H3. The first-order valence-electron chi connectivity index (χ1n) is 6.31. The molecule has 1 aromatic rings. The summed E-state index contributed by atoms with van der Waals surface area (Å²) in [4.78, 5) is 0.971. The highest BCUT2D eigenvalue weighted by Crippen LogP contribution is 2.20. The van der Waals surface area contributed by atoms with Gasteiger partial charge in [-0.1, -0.05) is 13.0 Å². The van der Waals surface area contributed by atoms with Gasteiger partial charge in [-0.3, -0.25) is 0 Å². The predicted molar refractivity (Wildman–Crippen MR) is 77.3 cm³/mol. The molecule has 0 aliphatic carbocycles. The van der Waals surface area contributed by atoms with Crippen LogP contribution in [0.4, 0.5) is 4.39 Å². The zero-order valence-electron chi connectivity index (χ0n) is 10.8. The summed E-state index contributed by atoms with van der Waals surface area (Å²) in [6, 6.07) is 7.12. The van der Waals surface area contributed by atoms with Crippen molar-refractivity contribution in [2.45, 2.75) is 37.1 Å². The fraction of sp³-hybridized carbons (Fsp3) is 0.467. The maximum atomic E-state index is 13.0. The van der Waals surface area contributed by atoms with Crippen molar-refractivity contribution < 1.29 is 4.39 Å². The van der Waals surface area contributed by atoms with Gasteiger partial charge in [0, 0.05) is 23.1 Å². The van der Waals surface area contributed by atoms with Crippen molar-refractivity contribution in [3.05, 3.63) is 30.1 Å². The van der Waals surface area contributed by atoms with Gasteiger partial charge in [-0.2, -0.15) is 0 Å². The van der Waals surface area contributed by atoms with E-state index in [2.05, 4.69) is 18.2 Å². The van der Waals surface area contributed by atoms with Crippen molar-refractivity contribution in [1.29, 1.82) is 0 Å². The van der Waals surface area contributed by atoms with Crippen molar-refractivity contribution in [1.82, 2.24) is 5.32 Å². The van der Waals surface area contributed by atoms with Crippen molar-refractivity contribution in [3.8, 4) is 12.3 Å². The summed E-state index contributed by atoms with van der Waals surface area (Å²) >= 11 is 1.67. The van der Waals surface area contributed by atoms with E-state index in [1.807, 2.05) is 6.07 Å². The highest BCUT2D eigenvalue weighted by Gasteiger charge is 2.08. The van der Waals surface area contributed by atoms with Crippen LogP contribution in [0.3, 0.4) is 0 Å². The smallest absolute Gasteiger partial charge is 0.124 e.